The lowest BCUT2D eigenvalue weighted by Crippen LogP contribution is -2.45. The molecule has 5 nitrogen and oxygen atoms in total. The zero-order valence-electron chi connectivity index (χ0n) is 16.6. The third-order valence-electron chi connectivity index (χ3n) is 5.40. The third-order valence-corrected chi connectivity index (χ3v) is 5.40. The lowest BCUT2D eigenvalue weighted by atomic mass is 9.96. The third kappa shape index (κ3) is 4.42. The molecule has 1 unspecified atom stereocenters. The van der Waals surface area contributed by atoms with E-state index in [0.29, 0.717) is 13.2 Å². The first-order valence-electron chi connectivity index (χ1n) is 9.82. The highest BCUT2D eigenvalue weighted by atomic mass is 16.5. The van der Waals surface area contributed by atoms with Crippen molar-refractivity contribution in [1.82, 2.24) is 10.2 Å². The Morgan fingerprint density at radius 2 is 1.82 bits per heavy atom. The summed E-state index contributed by atoms with van der Waals surface area (Å²) in [5, 5.41) is 3.19. The quantitative estimate of drug-likeness (QED) is 0.681. The molecule has 0 aromatic heterocycles. The number of benzene rings is 2. The van der Waals surface area contributed by atoms with Crippen molar-refractivity contribution in [2.75, 3.05) is 20.3 Å². The molecule has 0 aliphatic heterocycles. The molecule has 0 radical (unpaired) electrons. The molecule has 1 atom stereocenters. The van der Waals surface area contributed by atoms with Crippen molar-refractivity contribution in [2.45, 2.75) is 38.3 Å². The fourth-order valence-electron chi connectivity index (χ4n) is 3.97. The van der Waals surface area contributed by atoms with Gasteiger partial charge in [0.2, 0.25) is 12.3 Å². The van der Waals surface area contributed by atoms with Gasteiger partial charge in [0.15, 0.2) is 0 Å². The highest BCUT2D eigenvalue weighted by molar-refractivity contribution is 5.86. The van der Waals surface area contributed by atoms with Gasteiger partial charge in [-0.05, 0) is 41.5 Å². The van der Waals surface area contributed by atoms with Gasteiger partial charge < -0.3 is 15.0 Å². The summed E-state index contributed by atoms with van der Waals surface area (Å²) in [6.07, 6.45) is 3.19. The van der Waals surface area contributed by atoms with Crippen LogP contribution in [-0.2, 0) is 33.6 Å². The number of fused-ring (bicyclic) bond motifs is 1. The lowest BCUT2D eigenvalue weighted by molar-refractivity contribution is -0.134. The number of methoxy groups -OCH3 is 1. The molecule has 0 heterocycles. The number of ether oxygens (including phenoxy) is 1. The summed E-state index contributed by atoms with van der Waals surface area (Å²) in [4.78, 5) is 26.7. The second-order valence-electron chi connectivity index (χ2n) is 7.17. The molecular formula is C23H28N2O3. The van der Waals surface area contributed by atoms with Crippen molar-refractivity contribution in [3.63, 3.8) is 0 Å². The molecule has 2 aromatic carbocycles. The molecular weight excluding hydrogens is 352 g/mol. The maximum absolute atomic E-state index is 13.3. The van der Waals surface area contributed by atoms with Crippen LogP contribution in [0.4, 0.5) is 0 Å². The Kier molecular flexibility index (Phi) is 6.82. The van der Waals surface area contributed by atoms with Crippen molar-refractivity contribution in [1.29, 1.82) is 0 Å². The number of rotatable bonds is 9. The summed E-state index contributed by atoms with van der Waals surface area (Å²) in [5.74, 6) is -0.137. The SMILES string of the molecule is CCc1ccccc1C(C(=O)NC1Cc2ccccc2C1)N(C=O)CCOC. The first-order chi connectivity index (χ1) is 13.7. The van der Waals surface area contributed by atoms with Crippen LogP contribution in [0.25, 0.3) is 0 Å². The first-order valence-corrected chi connectivity index (χ1v) is 9.82. The molecule has 28 heavy (non-hydrogen) atoms. The Bertz CT molecular complexity index is 796. The van der Waals surface area contributed by atoms with Gasteiger partial charge in [-0.25, -0.2) is 0 Å². The Balaban J connectivity index is 1.83. The summed E-state index contributed by atoms with van der Waals surface area (Å²) in [6.45, 7) is 2.80. The molecule has 1 aliphatic rings. The second kappa shape index (κ2) is 9.51. The summed E-state index contributed by atoms with van der Waals surface area (Å²) < 4.78 is 5.14. The fraction of sp³-hybridized carbons (Fsp3) is 0.391. The molecule has 2 aromatic rings. The molecule has 0 saturated heterocycles. The number of hydrogen-bond donors (Lipinski definition) is 1. The van der Waals surface area contributed by atoms with Crippen LogP contribution < -0.4 is 5.32 Å². The molecule has 0 fully saturated rings. The van der Waals surface area contributed by atoms with E-state index in [1.807, 2.05) is 36.4 Å². The molecule has 1 aliphatic carbocycles. The van der Waals surface area contributed by atoms with Crippen molar-refractivity contribution >= 4 is 12.3 Å². The predicted octanol–water partition coefficient (Wildman–Crippen LogP) is 2.68. The smallest absolute Gasteiger partial charge is 0.247 e. The highest BCUT2D eigenvalue weighted by Gasteiger charge is 2.31. The average molecular weight is 380 g/mol. The molecule has 5 heteroatoms. The Morgan fingerprint density at radius 1 is 1.18 bits per heavy atom. The first kappa shape index (κ1) is 20.1. The van der Waals surface area contributed by atoms with Crippen LogP contribution >= 0.6 is 0 Å². The second-order valence-corrected chi connectivity index (χ2v) is 7.17. The maximum Gasteiger partial charge on any atom is 0.247 e. The number of aryl methyl sites for hydroxylation is 1. The zero-order chi connectivity index (χ0) is 19.9. The van der Waals surface area contributed by atoms with Crippen molar-refractivity contribution in [3.8, 4) is 0 Å². The lowest BCUT2D eigenvalue weighted by Gasteiger charge is -2.30. The standard InChI is InChI=1S/C23H28N2O3/c1-3-17-8-6-7-11-21(17)22(25(16-26)12-13-28-2)23(27)24-20-14-18-9-4-5-10-19(18)15-20/h4-11,16,20,22H,3,12-15H2,1-2H3,(H,24,27). The molecule has 0 saturated carbocycles. The monoisotopic (exact) mass is 380 g/mol. The van der Waals surface area contributed by atoms with E-state index in [1.54, 1.807) is 7.11 Å². The summed E-state index contributed by atoms with van der Waals surface area (Å²) in [5.41, 5.74) is 4.51. The van der Waals surface area contributed by atoms with Gasteiger partial charge in [-0.2, -0.15) is 0 Å². The number of hydrogen-bond acceptors (Lipinski definition) is 3. The topological polar surface area (TPSA) is 58.6 Å². The van der Waals surface area contributed by atoms with Gasteiger partial charge in [-0.3, -0.25) is 9.59 Å². The largest absolute Gasteiger partial charge is 0.383 e. The van der Waals surface area contributed by atoms with Gasteiger partial charge in [0.1, 0.15) is 6.04 Å². The van der Waals surface area contributed by atoms with E-state index in [2.05, 4.69) is 24.4 Å². The Morgan fingerprint density at radius 3 is 2.43 bits per heavy atom. The van der Waals surface area contributed by atoms with E-state index >= 15 is 0 Å². The van der Waals surface area contributed by atoms with Crippen LogP contribution in [0.3, 0.4) is 0 Å². The van der Waals surface area contributed by atoms with Gasteiger partial charge >= 0.3 is 0 Å². The minimum absolute atomic E-state index is 0.0529. The van der Waals surface area contributed by atoms with Gasteiger partial charge in [-0.1, -0.05) is 55.5 Å². The van der Waals surface area contributed by atoms with Crippen LogP contribution in [-0.4, -0.2) is 43.5 Å². The van der Waals surface area contributed by atoms with E-state index < -0.39 is 6.04 Å². The molecule has 3 rings (SSSR count). The molecule has 148 valence electrons. The minimum atomic E-state index is -0.660. The predicted molar refractivity (Wildman–Crippen MR) is 109 cm³/mol. The number of carbonyl (C=O) groups excluding carboxylic acids is 2. The highest BCUT2D eigenvalue weighted by Crippen LogP contribution is 2.26. The van der Waals surface area contributed by atoms with Crippen molar-refractivity contribution in [3.05, 3.63) is 70.8 Å². The summed E-state index contributed by atoms with van der Waals surface area (Å²) in [6, 6.07) is 15.5. The summed E-state index contributed by atoms with van der Waals surface area (Å²) in [7, 11) is 1.59. The molecule has 0 spiro atoms. The number of nitrogens with one attached hydrogen (secondary N) is 1. The van der Waals surface area contributed by atoms with Gasteiger partial charge in [-0.15, -0.1) is 0 Å². The number of amides is 2. The van der Waals surface area contributed by atoms with E-state index in [0.717, 1.165) is 36.8 Å². The van der Waals surface area contributed by atoms with Gasteiger partial charge in [0.25, 0.3) is 0 Å². The van der Waals surface area contributed by atoms with E-state index in [4.69, 9.17) is 4.74 Å². The Labute approximate surface area is 166 Å². The van der Waals surface area contributed by atoms with Crippen molar-refractivity contribution < 1.29 is 14.3 Å². The molecule has 0 bridgehead atoms. The van der Waals surface area contributed by atoms with Gasteiger partial charge in [0, 0.05) is 19.7 Å². The van der Waals surface area contributed by atoms with E-state index in [-0.39, 0.29) is 11.9 Å². The van der Waals surface area contributed by atoms with Crippen LogP contribution in [0.5, 0.6) is 0 Å². The van der Waals surface area contributed by atoms with E-state index in [9.17, 15) is 9.59 Å². The fourth-order valence-corrected chi connectivity index (χ4v) is 3.97. The molecule has 2 amide bonds. The summed E-state index contributed by atoms with van der Waals surface area (Å²) >= 11 is 0. The van der Waals surface area contributed by atoms with Crippen LogP contribution in [0.1, 0.15) is 35.2 Å². The normalized spacial score (nSPS) is 14.4. The minimum Gasteiger partial charge on any atom is -0.383 e. The van der Waals surface area contributed by atoms with Gasteiger partial charge in [0.05, 0.1) is 6.61 Å². The average Bonchev–Trinajstić information content (AvgIpc) is 3.13. The van der Waals surface area contributed by atoms with Crippen LogP contribution in [0.2, 0.25) is 0 Å². The molecule has 1 N–H and O–H groups in total. The number of nitrogens with zero attached hydrogens (tertiary/aromatic N) is 1. The van der Waals surface area contributed by atoms with Crippen molar-refractivity contribution in [2.24, 2.45) is 0 Å². The maximum atomic E-state index is 13.3. The van der Waals surface area contributed by atoms with Crippen LogP contribution in [0.15, 0.2) is 48.5 Å². The Hall–Kier alpha value is -2.66. The van der Waals surface area contributed by atoms with E-state index in [1.165, 1.54) is 16.0 Å². The number of carbonyl (C=O) groups is 2. The zero-order valence-corrected chi connectivity index (χ0v) is 16.6. The van der Waals surface area contributed by atoms with Crippen LogP contribution in [0, 0.1) is 0 Å².